The summed E-state index contributed by atoms with van der Waals surface area (Å²) in [5.41, 5.74) is 27.2. The van der Waals surface area contributed by atoms with E-state index in [1.54, 1.807) is 0 Å². The van der Waals surface area contributed by atoms with Gasteiger partial charge in [-0.3, -0.25) is 0 Å². The fourth-order valence-corrected chi connectivity index (χ4v) is 12.6. The predicted octanol–water partition coefficient (Wildman–Crippen LogP) is 18.4. The van der Waals surface area contributed by atoms with Crippen LogP contribution in [0.4, 0.5) is 51.2 Å². The Hall–Kier alpha value is -7.56. The Balaban J connectivity index is 1.16. The molecule has 0 bridgehead atoms. The maximum atomic E-state index is 2.64. The molecule has 9 aromatic rings. The van der Waals surface area contributed by atoms with Crippen molar-refractivity contribution in [3.63, 3.8) is 0 Å². The SMILES string of the molecule is CC(C)(C)c1ccc(-c2ccccc2N(c2ccccc2)c2ccc3c(c2)N(c2ccc4c(c2)C(C)(C)c2ccccc2-4)c2cc(C(C)(C)C)cc4c2B3c2cc(C(C)(C)C)ccc2N4c2ccc(C(C)(C)C)cc2)cc1. The van der Waals surface area contributed by atoms with Crippen molar-refractivity contribution in [3.8, 4) is 22.3 Å². The van der Waals surface area contributed by atoms with E-state index in [2.05, 4.69) is 306 Å². The van der Waals surface area contributed by atoms with E-state index in [0.717, 1.165) is 22.7 Å². The molecule has 0 unspecified atom stereocenters. The van der Waals surface area contributed by atoms with Crippen LogP contribution < -0.4 is 31.1 Å². The third-order valence-corrected chi connectivity index (χ3v) is 17.1. The molecule has 0 fully saturated rings. The summed E-state index contributed by atoms with van der Waals surface area (Å²) in [5, 5.41) is 0. The normalized spacial score (nSPS) is 14.4. The first kappa shape index (κ1) is 50.3. The van der Waals surface area contributed by atoms with Crippen molar-refractivity contribution in [1.29, 1.82) is 0 Å². The van der Waals surface area contributed by atoms with Gasteiger partial charge in [0, 0.05) is 56.5 Å². The molecule has 384 valence electrons. The van der Waals surface area contributed by atoms with Crippen LogP contribution in [0.5, 0.6) is 0 Å². The lowest BCUT2D eigenvalue weighted by molar-refractivity contribution is 0.589. The summed E-state index contributed by atoms with van der Waals surface area (Å²) in [7, 11) is 0. The quantitative estimate of drug-likeness (QED) is 0.154. The van der Waals surface area contributed by atoms with Crippen LogP contribution in [0.15, 0.2) is 194 Å². The Labute approximate surface area is 460 Å². The number of benzene rings is 9. The van der Waals surface area contributed by atoms with Crippen molar-refractivity contribution in [1.82, 2.24) is 0 Å². The van der Waals surface area contributed by atoms with Gasteiger partial charge >= 0.3 is 0 Å². The molecule has 0 atom stereocenters. The van der Waals surface area contributed by atoms with E-state index < -0.39 is 0 Å². The zero-order valence-electron chi connectivity index (χ0n) is 47.9. The van der Waals surface area contributed by atoms with Gasteiger partial charge < -0.3 is 14.7 Å². The van der Waals surface area contributed by atoms with E-state index in [1.165, 1.54) is 100 Å². The van der Waals surface area contributed by atoms with Crippen LogP contribution in [0.1, 0.15) is 130 Å². The van der Waals surface area contributed by atoms with E-state index in [-0.39, 0.29) is 33.8 Å². The number of fused-ring (bicyclic) bond motifs is 7. The van der Waals surface area contributed by atoms with Gasteiger partial charge in [-0.25, -0.2) is 0 Å². The molecule has 2 aliphatic heterocycles. The average Bonchev–Trinajstić information content (AvgIpc) is 3.82. The van der Waals surface area contributed by atoms with E-state index in [9.17, 15) is 0 Å². The Morgan fingerprint density at radius 2 is 0.896 bits per heavy atom. The topological polar surface area (TPSA) is 9.72 Å². The summed E-state index contributed by atoms with van der Waals surface area (Å²) >= 11 is 0. The summed E-state index contributed by atoms with van der Waals surface area (Å²) in [6.07, 6.45) is 0. The maximum absolute atomic E-state index is 2.64. The maximum Gasteiger partial charge on any atom is 0.252 e. The van der Waals surface area contributed by atoms with Crippen LogP contribution in [-0.4, -0.2) is 6.71 Å². The molecule has 3 nitrogen and oxygen atoms in total. The third-order valence-electron chi connectivity index (χ3n) is 17.1. The number of hydrogen-bond acceptors (Lipinski definition) is 3. The van der Waals surface area contributed by atoms with Crippen molar-refractivity contribution in [2.24, 2.45) is 0 Å². The van der Waals surface area contributed by atoms with E-state index in [1.807, 2.05) is 0 Å². The Morgan fingerprint density at radius 1 is 0.364 bits per heavy atom. The second-order valence-electron chi connectivity index (χ2n) is 26.8. The molecule has 0 saturated heterocycles. The summed E-state index contributed by atoms with van der Waals surface area (Å²) in [6, 6.07) is 74.6. The second kappa shape index (κ2) is 17.7. The molecule has 0 aromatic heterocycles. The summed E-state index contributed by atoms with van der Waals surface area (Å²) in [6.45, 7) is 32.7. The molecule has 0 spiro atoms. The Morgan fingerprint density at radius 3 is 1.53 bits per heavy atom. The fourth-order valence-electron chi connectivity index (χ4n) is 12.6. The first-order valence-corrected chi connectivity index (χ1v) is 28.0. The second-order valence-corrected chi connectivity index (χ2v) is 26.8. The molecule has 3 aliphatic rings. The molecule has 1 aliphatic carbocycles. The van der Waals surface area contributed by atoms with Crippen LogP contribution in [0.25, 0.3) is 22.3 Å². The van der Waals surface area contributed by atoms with Crippen molar-refractivity contribution >= 4 is 74.3 Å². The largest absolute Gasteiger partial charge is 0.311 e. The minimum absolute atomic E-state index is 0.0289. The van der Waals surface area contributed by atoms with E-state index >= 15 is 0 Å². The van der Waals surface area contributed by atoms with Gasteiger partial charge in [0.2, 0.25) is 0 Å². The van der Waals surface area contributed by atoms with Crippen LogP contribution in [0, 0.1) is 0 Å². The molecule has 0 saturated carbocycles. The van der Waals surface area contributed by atoms with Gasteiger partial charge in [-0.15, -0.1) is 0 Å². The first-order valence-electron chi connectivity index (χ1n) is 28.0. The van der Waals surface area contributed by atoms with Crippen LogP contribution in [0.2, 0.25) is 0 Å². The van der Waals surface area contributed by atoms with Gasteiger partial charge in [-0.2, -0.15) is 0 Å². The molecule has 0 amide bonds. The molecule has 0 radical (unpaired) electrons. The zero-order valence-corrected chi connectivity index (χ0v) is 47.9. The van der Waals surface area contributed by atoms with Gasteiger partial charge in [0.15, 0.2) is 0 Å². The zero-order chi connectivity index (χ0) is 54.1. The number of para-hydroxylation sites is 2. The lowest BCUT2D eigenvalue weighted by atomic mass is 9.33. The van der Waals surface area contributed by atoms with Gasteiger partial charge in [-0.1, -0.05) is 218 Å². The number of anilines is 9. The Bertz CT molecular complexity index is 3760. The van der Waals surface area contributed by atoms with Gasteiger partial charge in [0.1, 0.15) is 0 Å². The minimum Gasteiger partial charge on any atom is -0.311 e. The van der Waals surface area contributed by atoms with Crippen LogP contribution in [-0.2, 0) is 27.1 Å². The lowest BCUT2D eigenvalue weighted by Crippen LogP contribution is -2.61. The highest BCUT2D eigenvalue weighted by atomic mass is 15.2. The summed E-state index contributed by atoms with van der Waals surface area (Å²) in [5.74, 6) is 0. The van der Waals surface area contributed by atoms with Crippen LogP contribution in [0.3, 0.4) is 0 Å². The molecule has 0 N–H and O–H groups in total. The molecule has 9 aromatic carbocycles. The Kier molecular flexibility index (Phi) is 11.6. The van der Waals surface area contributed by atoms with Gasteiger partial charge in [0.05, 0.1) is 5.69 Å². The first-order chi connectivity index (χ1) is 36.5. The van der Waals surface area contributed by atoms with Crippen LogP contribution >= 0.6 is 0 Å². The molecule has 12 rings (SSSR count). The molecule has 4 heteroatoms. The number of nitrogens with zero attached hydrogens (tertiary/aromatic N) is 3. The molecular weight excluding hydrogens is 930 g/mol. The number of hydrogen-bond donors (Lipinski definition) is 0. The predicted molar refractivity (Wildman–Crippen MR) is 333 cm³/mol. The highest BCUT2D eigenvalue weighted by Crippen LogP contribution is 2.53. The lowest BCUT2D eigenvalue weighted by Gasteiger charge is -2.46. The standard InChI is InChI=1S/C73H74BN3/c1-69(2,3)48-30-28-47(29-31-48)56-24-19-21-27-63(56)75(52-22-16-15-17-23-52)55-38-40-61-65(46-55)77(54-37-39-58-57-25-18-20-26-59(57)73(13,14)60(58)45-54)67-44-51(72(10,11)12)43-66-68(67)74(61)62-42-50(71(7,8)9)34-41-64(62)76(66)53-35-32-49(33-36-53)70(4,5)6/h15-46H,1-14H3. The van der Waals surface area contributed by atoms with E-state index in [4.69, 9.17) is 0 Å². The van der Waals surface area contributed by atoms with E-state index in [0.29, 0.717) is 0 Å². The van der Waals surface area contributed by atoms with Crippen molar-refractivity contribution in [2.75, 3.05) is 14.7 Å². The highest BCUT2D eigenvalue weighted by Gasteiger charge is 2.46. The highest BCUT2D eigenvalue weighted by molar-refractivity contribution is 7.00. The third kappa shape index (κ3) is 8.42. The smallest absolute Gasteiger partial charge is 0.252 e. The number of rotatable bonds is 6. The van der Waals surface area contributed by atoms with Gasteiger partial charge in [-0.05, 0) is 161 Å². The molecule has 77 heavy (non-hydrogen) atoms. The summed E-state index contributed by atoms with van der Waals surface area (Å²) in [4.78, 5) is 7.71. The summed E-state index contributed by atoms with van der Waals surface area (Å²) < 4.78 is 0. The monoisotopic (exact) mass is 1000 g/mol. The molecular formula is C73H74BN3. The molecule has 2 heterocycles. The van der Waals surface area contributed by atoms with Crippen molar-refractivity contribution in [3.05, 3.63) is 228 Å². The average molecular weight is 1000 g/mol. The van der Waals surface area contributed by atoms with Gasteiger partial charge in [0.25, 0.3) is 6.71 Å². The fraction of sp³-hybridized carbons (Fsp3) is 0.260. The van der Waals surface area contributed by atoms with Crippen molar-refractivity contribution < 1.29 is 0 Å². The van der Waals surface area contributed by atoms with Crippen molar-refractivity contribution in [2.45, 2.75) is 124 Å². The minimum atomic E-state index is -0.186.